The van der Waals surface area contributed by atoms with Crippen molar-refractivity contribution in [2.45, 2.75) is 38.8 Å². The van der Waals surface area contributed by atoms with Gasteiger partial charge in [-0.1, -0.05) is 6.92 Å². The average Bonchev–Trinajstić information content (AvgIpc) is 2.91. The Kier molecular flexibility index (Phi) is 3.91. The van der Waals surface area contributed by atoms with Gasteiger partial charge in [-0.3, -0.25) is 4.79 Å². The summed E-state index contributed by atoms with van der Waals surface area (Å²) in [5.74, 6) is -1.36. The first kappa shape index (κ1) is 14.0. The van der Waals surface area contributed by atoms with Crippen LogP contribution in [0.3, 0.4) is 0 Å². The first-order valence-electron chi connectivity index (χ1n) is 6.25. The van der Waals surface area contributed by atoms with Crippen LogP contribution in [0.2, 0.25) is 0 Å². The van der Waals surface area contributed by atoms with Gasteiger partial charge < -0.3 is 15.1 Å². The lowest BCUT2D eigenvalue weighted by molar-refractivity contribution is -0.141. The Morgan fingerprint density at radius 1 is 1.53 bits per heavy atom. The summed E-state index contributed by atoms with van der Waals surface area (Å²) in [6, 6.07) is 0.880. The molecule has 0 aliphatic carbocycles. The minimum absolute atomic E-state index is 0.0915. The maximum Gasteiger partial charge on any atom is 0.326 e. The number of aliphatic hydroxyl groups excluding tert-OH is 1. The second-order valence-corrected chi connectivity index (χ2v) is 5.91. The predicted molar refractivity (Wildman–Crippen MR) is 71.5 cm³/mol. The number of aliphatic carboxylic acids is 1. The Morgan fingerprint density at radius 2 is 2.21 bits per heavy atom. The molecule has 2 rings (SSSR count). The van der Waals surface area contributed by atoms with E-state index in [2.05, 4.69) is 0 Å². The minimum atomic E-state index is -1.06. The van der Waals surface area contributed by atoms with E-state index in [1.54, 1.807) is 6.07 Å². The van der Waals surface area contributed by atoms with Crippen LogP contribution in [0.5, 0.6) is 0 Å². The fourth-order valence-corrected chi connectivity index (χ4v) is 3.46. The standard InChI is InChI=1S/C13H17NO4S/c1-3-10-7(2)4-11(19-10)12(16)14-6-8(15)5-9(14)13(17)18/h4,8-9,15H,3,5-6H2,1-2H3,(H,17,18)/t8-,9-/m1/s1. The van der Waals surface area contributed by atoms with Crippen LogP contribution in [0.1, 0.15) is 33.5 Å². The molecule has 1 saturated heterocycles. The number of nitrogens with zero attached hydrogens (tertiary/aromatic N) is 1. The van der Waals surface area contributed by atoms with E-state index >= 15 is 0 Å². The predicted octanol–water partition coefficient (Wildman–Crippen LogP) is 1.28. The minimum Gasteiger partial charge on any atom is -0.480 e. The number of amides is 1. The number of rotatable bonds is 3. The van der Waals surface area contributed by atoms with Crippen LogP contribution in [-0.4, -0.2) is 45.7 Å². The summed E-state index contributed by atoms with van der Waals surface area (Å²) < 4.78 is 0. The molecule has 0 aromatic carbocycles. The molecule has 1 aromatic rings. The highest BCUT2D eigenvalue weighted by Gasteiger charge is 2.39. The molecule has 6 heteroatoms. The lowest BCUT2D eigenvalue weighted by atomic mass is 10.2. The number of likely N-dealkylation sites (tertiary alicyclic amines) is 1. The van der Waals surface area contributed by atoms with E-state index in [4.69, 9.17) is 5.11 Å². The second-order valence-electron chi connectivity index (χ2n) is 4.77. The zero-order chi connectivity index (χ0) is 14.2. The quantitative estimate of drug-likeness (QED) is 0.876. The fourth-order valence-electron chi connectivity index (χ4n) is 2.39. The van der Waals surface area contributed by atoms with Gasteiger partial charge in [0.2, 0.25) is 0 Å². The smallest absolute Gasteiger partial charge is 0.326 e. The van der Waals surface area contributed by atoms with Crippen molar-refractivity contribution in [2.75, 3.05) is 6.54 Å². The molecule has 1 fully saturated rings. The second kappa shape index (κ2) is 5.30. The summed E-state index contributed by atoms with van der Waals surface area (Å²) in [5.41, 5.74) is 1.06. The molecular weight excluding hydrogens is 266 g/mol. The molecule has 104 valence electrons. The number of hydrogen-bond donors (Lipinski definition) is 2. The van der Waals surface area contributed by atoms with E-state index in [0.717, 1.165) is 16.9 Å². The van der Waals surface area contributed by atoms with Crippen LogP contribution in [0.4, 0.5) is 0 Å². The van der Waals surface area contributed by atoms with Gasteiger partial charge in [0.1, 0.15) is 6.04 Å². The normalized spacial score (nSPS) is 22.8. The summed E-state index contributed by atoms with van der Waals surface area (Å²) in [7, 11) is 0. The van der Waals surface area contributed by atoms with Gasteiger partial charge in [-0.15, -0.1) is 11.3 Å². The highest BCUT2D eigenvalue weighted by molar-refractivity contribution is 7.14. The lowest BCUT2D eigenvalue weighted by Crippen LogP contribution is -2.40. The summed E-state index contributed by atoms with van der Waals surface area (Å²) in [4.78, 5) is 26.4. The average molecular weight is 283 g/mol. The topological polar surface area (TPSA) is 77.8 Å². The molecule has 2 heterocycles. The number of aliphatic hydroxyl groups is 1. The zero-order valence-electron chi connectivity index (χ0n) is 10.9. The van der Waals surface area contributed by atoms with Gasteiger partial charge in [0.05, 0.1) is 11.0 Å². The van der Waals surface area contributed by atoms with Crippen LogP contribution in [-0.2, 0) is 11.2 Å². The zero-order valence-corrected chi connectivity index (χ0v) is 11.7. The van der Waals surface area contributed by atoms with Crippen molar-refractivity contribution in [3.63, 3.8) is 0 Å². The van der Waals surface area contributed by atoms with E-state index in [9.17, 15) is 14.7 Å². The molecule has 1 aliphatic rings. The molecular formula is C13H17NO4S. The van der Waals surface area contributed by atoms with Crippen molar-refractivity contribution in [2.24, 2.45) is 0 Å². The number of aryl methyl sites for hydroxylation is 2. The van der Waals surface area contributed by atoms with Crippen LogP contribution >= 0.6 is 11.3 Å². The number of carbonyl (C=O) groups excluding carboxylic acids is 1. The fraction of sp³-hybridized carbons (Fsp3) is 0.538. The van der Waals surface area contributed by atoms with Crippen LogP contribution in [0.15, 0.2) is 6.07 Å². The van der Waals surface area contributed by atoms with Crippen LogP contribution < -0.4 is 0 Å². The molecule has 2 N–H and O–H groups in total. The number of thiophene rings is 1. The molecule has 0 saturated carbocycles. The number of β-amino-alcohol motifs (C(OH)–C–C–N with tert-alkyl or cyclic N) is 1. The Labute approximate surface area is 115 Å². The molecule has 0 bridgehead atoms. The van der Waals surface area contributed by atoms with Gasteiger partial charge in [0.15, 0.2) is 0 Å². The van der Waals surface area contributed by atoms with Gasteiger partial charge in [0, 0.05) is 17.8 Å². The van der Waals surface area contributed by atoms with E-state index in [-0.39, 0.29) is 18.9 Å². The molecule has 0 unspecified atom stereocenters. The summed E-state index contributed by atoms with van der Waals surface area (Å²) >= 11 is 1.40. The van der Waals surface area contributed by atoms with Crippen molar-refractivity contribution in [3.05, 3.63) is 21.4 Å². The molecule has 2 atom stereocenters. The van der Waals surface area contributed by atoms with Gasteiger partial charge in [-0.2, -0.15) is 0 Å². The van der Waals surface area contributed by atoms with E-state index < -0.39 is 18.1 Å². The highest BCUT2D eigenvalue weighted by Crippen LogP contribution is 2.27. The lowest BCUT2D eigenvalue weighted by Gasteiger charge is -2.20. The molecule has 0 spiro atoms. The van der Waals surface area contributed by atoms with Crippen molar-refractivity contribution in [1.29, 1.82) is 0 Å². The maximum atomic E-state index is 12.4. The SMILES string of the molecule is CCc1sc(C(=O)N2C[C@H](O)C[C@@H]2C(=O)O)cc1C. The van der Waals surface area contributed by atoms with Crippen molar-refractivity contribution >= 4 is 23.2 Å². The largest absolute Gasteiger partial charge is 0.480 e. The first-order chi connectivity index (χ1) is 8.93. The van der Waals surface area contributed by atoms with Gasteiger partial charge >= 0.3 is 5.97 Å². The maximum absolute atomic E-state index is 12.4. The van der Waals surface area contributed by atoms with Crippen LogP contribution in [0, 0.1) is 6.92 Å². The first-order valence-corrected chi connectivity index (χ1v) is 7.06. The van der Waals surface area contributed by atoms with E-state index in [0.29, 0.717) is 4.88 Å². The number of carboxylic acid groups (broad SMARTS) is 1. The molecule has 1 aliphatic heterocycles. The molecule has 5 nitrogen and oxygen atoms in total. The highest BCUT2D eigenvalue weighted by atomic mass is 32.1. The number of carbonyl (C=O) groups is 2. The summed E-state index contributed by atoms with van der Waals surface area (Å²) in [5, 5.41) is 18.7. The number of carboxylic acids is 1. The van der Waals surface area contributed by atoms with Gasteiger partial charge in [0.25, 0.3) is 5.91 Å². The Bertz CT molecular complexity index is 511. The molecule has 0 radical (unpaired) electrons. The van der Waals surface area contributed by atoms with E-state index in [1.165, 1.54) is 16.2 Å². The van der Waals surface area contributed by atoms with Crippen molar-refractivity contribution < 1.29 is 19.8 Å². The molecule has 1 amide bonds. The van der Waals surface area contributed by atoms with Crippen molar-refractivity contribution in [3.8, 4) is 0 Å². The third-order valence-corrected chi connectivity index (χ3v) is 4.75. The summed E-state index contributed by atoms with van der Waals surface area (Å²) in [6.07, 6.45) is 0.206. The Hall–Kier alpha value is -1.40. The molecule has 19 heavy (non-hydrogen) atoms. The third-order valence-electron chi connectivity index (χ3n) is 3.38. The monoisotopic (exact) mass is 283 g/mol. The van der Waals surface area contributed by atoms with Gasteiger partial charge in [-0.05, 0) is 25.0 Å². The molecule has 1 aromatic heterocycles. The Morgan fingerprint density at radius 3 is 2.74 bits per heavy atom. The van der Waals surface area contributed by atoms with Crippen molar-refractivity contribution in [1.82, 2.24) is 4.90 Å². The summed E-state index contributed by atoms with van der Waals surface area (Å²) in [6.45, 7) is 4.06. The number of hydrogen-bond acceptors (Lipinski definition) is 4. The Balaban J connectivity index is 2.25. The third kappa shape index (κ3) is 2.64. The van der Waals surface area contributed by atoms with Crippen LogP contribution in [0.25, 0.3) is 0 Å². The van der Waals surface area contributed by atoms with Gasteiger partial charge in [-0.25, -0.2) is 4.79 Å². The van der Waals surface area contributed by atoms with E-state index in [1.807, 2.05) is 13.8 Å².